The number of carbonyl (C=O) groups excluding carboxylic acids is 2. The Hall–Kier alpha value is -3.08. The van der Waals surface area contributed by atoms with Gasteiger partial charge in [0.1, 0.15) is 12.2 Å². The monoisotopic (exact) mass is 808 g/mol. The van der Waals surface area contributed by atoms with E-state index in [0.717, 1.165) is 24.3 Å². The second-order valence-corrected chi connectivity index (χ2v) is 12.5. The van der Waals surface area contributed by atoms with Gasteiger partial charge in [-0.1, -0.05) is 29.3 Å². The number of amides is 2. The normalized spacial score (nSPS) is 17.9. The quantitative estimate of drug-likeness (QED) is 0.192. The third-order valence-corrected chi connectivity index (χ3v) is 8.80. The third-order valence-electron chi connectivity index (χ3n) is 7.42. The molecule has 0 saturated carbocycles. The molecule has 3 aromatic carbocycles. The largest absolute Gasteiger partial charge is 0.493 e. The second kappa shape index (κ2) is 15.9. The first kappa shape index (κ1) is 36.8. The number of ether oxygens (including phenoxy) is 2. The van der Waals surface area contributed by atoms with Crippen LogP contribution in [-0.4, -0.2) is 70.5 Å². The Labute approximate surface area is 292 Å². The lowest BCUT2D eigenvalue weighted by molar-refractivity contribution is -0.137. The fraction of sp³-hybridized carbons (Fsp3) is 0.312. The van der Waals surface area contributed by atoms with E-state index in [2.05, 4.69) is 5.32 Å². The summed E-state index contributed by atoms with van der Waals surface area (Å²) in [7, 11) is 1.39. The maximum absolute atomic E-state index is 14.1. The first-order chi connectivity index (χ1) is 22.3. The van der Waals surface area contributed by atoms with Crippen molar-refractivity contribution in [3.8, 4) is 11.5 Å². The van der Waals surface area contributed by atoms with E-state index in [9.17, 15) is 38.1 Å². The van der Waals surface area contributed by atoms with Gasteiger partial charge in [-0.25, -0.2) is 0 Å². The molecule has 0 aromatic heterocycles. The third kappa shape index (κ3) is 8.89. The van der Waals surface area contributed by atoms with E-state index in [1.54, 1.807) is 24.3 Å². The molecule has 0 fully saturated rings. The first-order valence-electron chi connectivity index (χ1n) is 14.1. The van der Waals surface area contributed by atoms with Crippen molar-refractivity contribution in [2.45, 2.75) is 44.0 Å². The molecule has 4 rings (SSSR count). The molecule has 47 heavy (non-hydrogen) atoms. The van der Waals surface area contributed by atoms with Gasteiger partial charge in [0.25, 0.3) is 5.91 Å². The lowest BCUT2D eigenvalue weighted by Gasteiger charge is -2.41. The van der Waals surface area contributed by atoms with Gasteiger partial charge in [-0.2, -0.15) is 13.2 Å². The molecular weight excluding hydrogens is 779 g/mol. The highest BCUT2D eigenvalue weighted by Gasteiger charge is 2.41. The summed E-state index contributed by atoms with van der Waals surface area (Å²) in [6.45, 7) is -0.908. The van der Waals surface area contributed by atoms with E-state index in [1.165, 1.54) is 24.2 Å². The van der Waals surface area contributed by atoms with E-state index in [4.69, 9.17) is 32.7 Å². The molecule has 9 nitrogen and oxygen atoms in total. The maximum Gasteiger partial charge on any atom is 0.416 e. The van der Waals surface area contributed by atoms with Crippen LogP contribution in [-0.2, 0) is 24.1 Å². The van der Waals surface area contributed by atoms with Crippen LogP contribution >= 0.6 is 45.8 Å². The zero-order valence-electron chi connectivity index (χ0n) is 24.7. The minimum Gasteiger partial charge on any atom is -0.493 e. The highest BCUT2D eigenvalue weighted by Crippen LogP contribution is 2.38. The lowest BCUT2D eigenvalue weighted by atomic mass is 9.87. The van der Waals surface area contributed by atoms with Crippen LogP contribution in [0.5, 0.6) is 11.5 Å². The molecule has 1 aliphatic rings. The number of hydrogen-bond donors (Lipinski definition) is 4. The van der Waals surface area contributed by atoms with E-state index < -0.39 is 41.8 Å². The summed E-state index contributed by atoms with van der Waals surface area (Å²) in [4.78, 5) is 28.5. The van der Waals surface area contributed by atoms with Crippen LogP contribution in [0, 0.1) is 3.57 Å². The van der Waals surface area contributed by atoms with Crippen LogP contribution in [0.4, 0.5) is 13.2 Å². The summed E-state index contributed by atoms with van der Waals surface area (Å²) < 4.78 is 52.1. The van der Waals surface area contributed by atoms with Crippen molar-refractivity contribution in [1.29, 1.82) is 0 Å². The van der Waals surface area contributed by atoms with Crippen molar-refractivity contribution in [1.82, 2.24) is 10.2 Å². The minimum absolute atomic E-state index is 0.0716. The molecule has 15 heteroatoms. The summed E-state index contributed by atoms with van der Waals surface area (Å²) in [5.41, 5.74) is 0.0108. The topological polar surface area (TPSA) is 129 Å². The summed E-state index contributed by atoms with van der Waals surface area (Å²) in [6.07, 6.45) is -6.13. The first-order valence-corrected chi connectivity index (χ1v) is 15.9. The van der Waals surface area contributed by atoms with Crippen LogP contribution < -0.4 is 14.8 Å². The van der Waals surface area contributed by atoms with Crippen LogP contribution in [0.1, 0.15) is 33.5 Å². The molecule has 1 aliphatic carbocycles. The molecule has 2 amide bonds. The van der Waals surface area contributed by atoms with E-state index in [-0.39, 0.29) is 60.4 Å². The minimum atomic E-state index is -4.63. The number of benzene rings is 3. The Morgan fingerprint density at radius 1 is 1.09 bits per heavy atom. The molecule has 0 unspecified atom stereocenters. The van der Waals surface area contributed by atoms with Crippen molar-refractivity contribution < 1.29 is 47.6 Å². The molecule has 0 radical (unpaired) electrons. The van der Waals surface area contributed by atoms with Gasteiger partial charge in [0, 0.05) is 40.7 Å². The van der Waals surface area contributed by atoms with Gasteiger partial charge in [-0.15, -0.1) is 0 Å². The number of nitrogens with zero attached hydrogens (tertiary/aromatic N) is 1. The van der Waals surface area contributed by atoms with Crippen LogP contribution in [0.3, 0.4) is 0 Å². The van der Waals surface area contributed by atoms with Gasteiger partial charge in [0.2, 0.25) is 5.91 Å². The number of halogens is 6. The average molecular weight is 809 g/mol. The van der Waals surface area contributed by atoms with E-state index in [0.29, 0.717) is 19.7 Å². The van der Waals surface area contributed by atoms with Gasteiger partial charge >= 0.3 is 6.18 Å². The molecule has 3 atom stereocenters. The van der Waals surface area contributed by atoms with E-state index in [1.807, 2.05) is 22.6 Å². The van der Waals surface area contributed by atoms with E-state index >= 15 is 0 Å². The summed E-state index contributed by atoms with van der Waals surface area (Å²) in [6, 6.07) is 10.2. The second-order valence-electron chi connectivity index (χ2n) is 10.5. The highest BCUT2D eigenvalue weighted by molar-refractivity contribution is 14.1. The highest BCUT2D eigenvalue weighted by atomic mass is 127. The van der Waals surface area contributed by atoms with Crippen molar-refractivity contribution >= 4 is 57.6 Å². The molecule has 3 aromatic rings. The smallest absolute Gasteiger partial charge is 0.416 e. The Balaban J connectivity index is 1.81. The molecule has 252 valence electrons. The van der Waals surface area contributed by atoms with Crippen molar-refractivity contribution in [3.05, 3.63) is 102 Å². The molecule has 0 bridgehead atoms. The Morgan fingerprint density at radius 3 is 2.38 bits per heavy atom. The molecule has 0 heterocycles. The Kier molecular flexibility index (Phi) is 12.4. The Morgan fingerprint density at radius 2 is 1.79 bits per heavy atom. The predicted molar refractivity (Wildman–Crippen MR) is 176 cm³/mol. The fourth-order valence-electron chi connectivity index (χ4n) is 5.04. The van der Waals surface area contributed by atoms with Crippen molar-refractivity contribution in [2.24, 2.45) is 0 Å². The summed E-state index contributed by atoms with van der Waals surface area (Å²) in [5.74, 6) is -0.902. The number of methoxy groups -OCH3 is 1. The van der Waals surface area contributed by atoms with Gasteiger partial charge in [0.05, 0.1) is 35.5 Å². The predicted octanol–water partition coefficient (Wildman–Crippen LogP) is 5.38. The fourth-order valence-corrected chi connectivity index (χ4v) is 6.30. The maximum atomic E-state index is 14.1. The van der Waals surface area contributed by atoms with Crippen LogP contribution in [0.2, 0.25) is 10.0 Å². The molecule has 0 aliphatic heterocycles. The Bertz CT molecular complexity index is 1640. The van der Waals surface area contributed by atoms with Crippen LogP contribution in [0.25, 0.3) is 0 Å². The number of nitrogens with one attached hydrogen (secondary N) is 1. The van der Waals surface area contributed by atoms with Crippen molar-refractivity contribution in [3.63, 3.8) is 0 Å². The van der Waals surface area contributed by atoms with Crippen molar-refractivity contribution in [2.75, 3.05) is 20.3 Å². The standard InChI is InChI=1S/C32H30Cl2F3IN2O7/c1-46-27-11-17(16-42)10-24(38)29(27)47-26-13-20(30(44)39-8-9-41)12-25(28(26)43)40(15-19-4-7-22(33)14-23(19)34)31(45)18-2-5-21(6-3-18)32(35,36)37/h2-7,10-11,13-14,25-26,28,41-43H,8-9,12,15-16H2,1H3,(H,39,44)/t25-,26+,28+/m1/s1. The van der Waals surface area contributed by atoms with Gasteiger partial charge in [0.15, 0.2) is 11.5 Å². The molecule has 4 N–H and O–H groups in total. The number of aliphatic hydroxyl groups excluding tert-OH is 3. The van der Waals surface area contributed by atoms with Crippen LogP contribution in [0.15, 0.2) is 66.2 Å². The number of carbonyl (C=O) groups is 2. The lowest BCUT2D eigenvalue weighted by Crippen LogP contribution is -2.54. The molecule has 0 saturated heterocycles. The average Bonchev–Trinajstić information content (AvgIpc) is 3.04. The molecule has 0 spiro atoms. The number of aliphatic hydroxyl groups is 3. The van der Waals surface area contributed by atoms with Gasteiger partial charge < -0.3 is 35.0 Å². The summed E-state index contributed by atoms with van der Waals surface area (Å²) >= 11 is 14.5. The summed E-state index contributed by atoms with van der Waals surface area (Å²) in [5, 5.41) is 33.8. The SMILES string of the molecule is COc1cc(CO)cc(I)c1O[C@H]1C=C(C(=O)NCCO)C[C@@H](N(Cc2ccc(Cl)cc2Cl)C(=O)c2ccc(C(F)(F)F)cc2)[C@@H]1O. The number of rotatable bonds is 11. The molecular formula is C32H30Cl2F3IN2O7. The zero-order chi connectivity index (χ0) is 34.5. The van der Waals surface area contributed by atoms with Gasteiger partial charge in [-0.05, 0) is 88.3 Å². The zero-order valence-corrected chi connectivity index (χ0v) is 28.4. The van der Waals surface area contributed by atoms with Gasteiger partial charge in [-0.3, -0.25) is 9.59 Å². The number of alkyl halides is 3. The number of hydrogen-bond acceptors (Lipinski definition) is 7.